The van der Waals surface area contributed by atoms with Crippen molar-refractivity contribution in [3.63, 3.8) is 0 Å². The Morgan fingerprint density at radius 2 is 2.04 bits per heavy atom. The van der Waals surface area contributed by atoms with Crippen LogP contribution < -0.4 is 16.4 Å². The molecule has 1 aliphatic heterocycles. The van der Waals surface area contributed by atoms with E-state index in [0.29, 0.717) is 40.7 Å². The van der Waals surface area contributed by atoms with Crippen LogP contribution in [0.25, 0.3) is 0 Å². The molecule has 0 saturated heterocycles. The average molecular weight is 397 g/mol. The molecule has 2 unspecified atom stereocenters. The summed E-state index contributed by atoms with van der Waals surface area (Å²) in [7, 11) is 0. The summed E-state index contributed by atoms with van der Waals surface area (Å²) < 4.78 is 0. The number of carboxylic acid groups (broad SMARTS) is 1. The number of nitrogens with one attached hydrogen (secondary N) is 2. The summed E-state index contributed by atoms with van der Waals surface area (Å²) in [4.78, 5) is 23.4. The number of nitrogens with two attached hydrogens (primary N) is 1. The average Bonchev–Trinajstić information content (AvgIpc) is 2.46. The van der Waals surface area contributed by atoms with Gasteiger partial charge in [0.25, 0.3) is 0 Å². The van der Waals surface area contributed by atoms with E-state index < -0.39 is 18.1 Å². The zero-order valence-corrected chi connectivity index (χ0v) is 15.2. The van der Waals surface area contributed by atoms with Crippen LogP contribution in [0.5, 0.6) is 0 Å². The van der Waals surface area contributed by atoms with Crippen LogP contribution in [0.4, 0.5) is 5.69 Å². The van der Waals surface area contributed by atoms with Gasteiger partial charge in [0.15, 0.2) is 0 Å². The molecule has 1 amide bonds. The van der Waals surface area contributed by atoms with E-state index in [1.165, 1.54) is 0 Å². The molecule has 9 heteroatoms. The molecule has 0 saturated carbocycles. The van der Waals surface area contributed by atoms with Crippen LogP contribution in [-0.2, 0) is 9.59 Å². The summed E-state index contributed by atoms with van der Waals surface area (Å²) in [6.45, 7) is 0.537. The number of hydrogen-bond acceptors (Lipinski definition) is 4. The Hall–Kier alpha value is -1.21. The molecule has 0 aliphatic carbocycles. The third-order valence-electron chi connectivity index (χ3n) is 3.74. The van der Waals surface area contributed by atoms with Crippen LogP contribution in [0, 0.1) is 0 Å². The van der Waals surface area contributed by atoms with E-state index in [1.54, 1.807) is 12.1 Å². The molecule has 2 rings (SSSR count). The van der Waals surface area contributed by atoms with Crippen molar-refractivity contribution >= 4 is 53.2 Å². The summed E-state index contributed by atoms with van der Waals surface area (Å²) in [5.41, 5.74) is 6.62. The van der Waals surface area contributed by atoms with Crippen molar-refractivity contribution < 1.29 is 14.7 Å². The highest BCUT2D eigenvalue weighted by atomic mass is 35.5. The minimum Gasteiger partial charge on any atom is -0.480 e. The summed E-state index contributed by atoms with van der Waals surface area (Å²) in [5, 5.41) is 15.8. The monoisotopic (exact) mass is 395 g/mol. The summed E-state index contributed by atoms with van der Waals surface area (Å²) in [5.74, 6) is -1.14. The third kappa shape index (κ3) is 5.14. The standard InChI is InChI=1S/C15H19Cl2N3O3.ClH/c16-8-5-9(17)14-10(6-8)19-12(15(22)23)7-11(14)20-13(21)3-1-2-4-18;/h5-6,11-12,19H,1-4,7,18H2,(H,20,21)(H,22,23);1H. The number of hydrogen-bond donors (Lipinski definition) is 4. The van der Waals surface area contributed by atoms with Gasteiger partial charge in [0.1, 0.15) is 6.04 Å². The Morgan fingerprint density at radius 3 is 2.67 bits per heavy atom. The zero-order valence-electron chi connectivity index (χ0n) is 12.9. The summed E-state index contributed by atoms with van der Waals surface area (Å²) in [6, 6.07) is 1.91. The zero-order chi connectivity index (χ0) is 17.0. The minimum absolute atomic E-state index is 0. The molecule has 0 bridgehead atoms. The maximum Gasteiger partial charge on any atom is 0.326 e. The first kappa shape index (κ1) is 20.8. The maximum absolute atomic E-state index is 12.1. The lowest BCUT2D eigenvalue weighted by Crippen LogP contribution is -2.41. The maximum atomic E-state index is 12.1. The van der Waals surface area contributed by atoms with Crippen LogP contribution in [0.1, 0.15) is 37.3 Å². The number of carbonyl (C=O) groups is 2. The number of rotatable bonds is 6. The fourth-order valence-electron chi connectivity index (χ4n) is 2.65. The molecule has 6 nitrogen and oxygen atoms in total. The second-order valence-electron chi connectivity index (χ2n) is 5.49. The van der Waals surface area contributed by atoms with Crippen molar-refractivity contribution in [1.82, 2.24) is 5.32 Å². The Balaban J connectivity index is 0.00000288. The topological polar surface area (TPSA) is 104 Å². The molecule has 1 aromatic carbocycles. The van der Waals surface area contributed by atoms with E-state index in [0.717, 1.165) is 6.42 Å². The van der Waals surface area contributed by atoms with Gasteiger partial charge < -0.3 is 21.5 Å². The van der Waals surface area contributed by atoms with Crippen molar-refractivity contribution in [2.24, 2.45) is 5.73 Å². The molecule has 5 N–H and O–H groups in total. The quantitative estimate of drug-likeness (QED) is 0.553. The molecule has 0 spiro atoms. The Labute approximate surface area is 156 Å². The molecule has 0 radical (unpaired) electrons. The van der Waals surface area contributed by atoms with Gasteiger partial charge in [-0.1, -0.05) is 23.2 Å². The van der Waals surface area contributed by atoms with Gasteiger partial charge in [-0.05, 0) is 31.5 Å². The number of carboxylic acids is 1. The number of fused-ring (bicyclic) bond motifs is 1. The van der Waals surface area contributed by atoms with Crippen molar-refractivity contribution in [2.45, 2.75) is 37.8 Å². The molecular formula is C15H20Cl3N3O3. The number of anilines is 1. The van der Waals surface area contributed by atoms with Crippen molar-refractivity contribution in [1.29, 1.82) is 0 Å². The van der Waals surface area contributed by atoms with Crippen molar-refractivity contribution in [3.8, 4) is 0 Å². The number of benzene rings is 1. The molecule has 0 aromatic heterocycles. The van der Waals surface area contributed by atoms with Crippen molar-refractivity contribution in [2.75, 3.05) is 11.9 Å². The molecule has 24 heavy (non-hydrogen) atoms. The highest BCUT2D eigenvalue weighted by Crippen LogP contribution is 2.39. The van der Waals surface area contributed by atoms with E-state index >= 15 is 0 Å². The first-order valence-electron chi connectivity index (χ1n) is 7.40. The van der Waals surface area contributed by atoms with Crippen LogP contribution >= 0.6 is 35.6 Å². The fraction of sp³-hybridized carbons (Fsp3) is 0.467. The molecule has 1 aromatic rings. The van der Waals surface area contributed by atoms with Gasteiger partial charge in [0, 0.05) is 34.1 Å². The lowest BCUT2D eigenvalue weighted by molar-refractivity contribution is -0.138. The number of carbonyl (C=O) groups excluding carboxylic acids is 1. The number of amides is 1. The van der Waals surface area contributed by atoms with Gasteiger partial charge in [0.05, 0.1) is 6.04 Å². The smallest absolute Gasteiger partial charge is 0.326 e. The van der Waals surface area contributed by atoms with Crippen LogP contribution in [0.3, 0.4) is 0 Å². The van der Waals surface area contributed by atoms with Crippen molar-refractivity contribution in [3.05, 3.63) is 27.7 Å². The Kier molecular flexibility index (Phi) is 8.09. The number of aliphatic carboxylic acids is 1. The first-order valence-corrected chi connectivity index (χ1v) is 8.15. The molecule has 0 fully saturated rings. The lowest BCUT2D eigenvalue weighted by Gasteiger charge is -2.32. The predicted octanol–water partition coefficient (Wildman–Crippen LogP) is 2.97. The Morgan fingerprint density at radius 1 is 1.33 bits per heavy atom. The van der Waals surface area contributed by atoms with Gasteiger partial charge in [-0.3, -0.25) is 4.79 Å². The van der Waals surface area contributed by atoms with Crippen LogP contribution in [0.15, 0.2) is 12.1 Å². The minimum atomic E-state index is -0.992. The van der Waals surface area contributed by atoms with Gasteiger partial charge in [-0.2, -0.15) is 0 Å². The second-order valence-corrected chi connectivity index (χ2v) is 6.33. The summed E-state index contributed by atoms with van der Waals surface area (Å²) in [6.07, 6.45) is 2.02. The van der Waals surface area contributed by atoms with Gasteiger partial charge in [-0.15, -0.1) is 12.4 Å². The highest BCUT2D eigenvalue weighted by Gasteiger charge is 2.33. The lowest BCUT2D eigenvalue weighted by atomic mass is 9.92. The highest BCUT2D eigenvalue weighted by molar-refractivity contribution is 6.35. The van der Waals surface area contributed by atoms with Gasteiger partial charge in [0.2, 0.25) is 5.91 Å². The van der Waals surface area contributed by atoms with E-state index in [2.05, 4.69) is 10.6 Å². The number of unbranched alkanes of at least 4 members (excludes halogenated alkanes) is 1. The number of halogens is 3. The Bertz CT molecular complexity index is 613. The van der Waals surface area contributed by atoms with E-state index in [9.17, 15) is 14.7 Å². The largest absolute Gasteiger partial charge is 0.480 e. The second kappa shape index (κ2) is 9.32. The first-order chi connectivity index (χ1) is 10.9. The third-order valence-corrected chi connectivity index (χ3v) is 4.27. The van der Waals surface area contributed by atoms with E-state index in [-0.39, 0.29) is 24.7 Å². The SMILES string of the molecule is Cl.NCCCCC(=O)NC1CC(C(=O)O)Nc2cc(Cl)cc(Cl)c21. The summed E-state index contributed by atoms with van der Waals surface area (Å²) >= 11 is 12.2. The van der Waals surface area contributed by atoms with E-state index in [4.69, 9.17) is 28.9 Å². The van der Waals surface area contributed by atoms with Gasteiger partial charge in [-0.25, -0.2) is 4.79 Å². The van der Waals surface area contributed by atoms with Crippen LogP contribution in [-0.4, -0.2) is 29.6 Å². The van der Waals surface area contributed by atoms with E-state index in [1.807, 2.05) is 0 Å². The molecule has 134 valence electrons. The van der Waals surface area contributed by atoms with Gasteiger partial charge >= 0.3 is 5.97 Å². The normalized spacial score (nSPS) is 18.8. The molecule has 2 atom stereocenters. The molecular weight excluding hydrogens is 377 g/mol. The van der Waals surface area contributed by atoms with Crippen LogP contribution in [0.2, 0.25) is 10.0 Å². The molecule has 1 aliphatic rings. The fourth-order valence-corrected chi connectivity index (χ4v) is 3.27. The molecule has 1 heterocycles. The predicted molar refractivity (Wildman–Crippen MR) is 97.2 cm³/mol.